The summed E-state index contributed by atoms with van der Waals surface area (Å²) < 4.78 is 67.0. The van der Waals surface area contributed by atoms with Gasteiger partial charge in [-0.15, -0.1) is 0 Å². The lowest BCUT2D eigenvalue weighted by Crippen LogP contribution is -2.47. The number of carbonyl (C=O) groups is 1. The van der Waals surface area contributed by atoms with E-state index in [2.05, 4.69) is 13.8 Å². The number of amides is 1. The Morgan fingerprint density at radius 2 is 1.75 bits per heavy atom. The monoisotopic (exact) mass is 476 g/mol. The maximum Gasteiger partial charge on any atom is 0.417 e. The summed E-state index contributed by atoms with van der Waals surface area (Å²) in [6.07, 6.45) is 0.764. The van der Waals surface area contributed by atoms with E-state index < -0.39 is 26.7 Å². The lowest BCUT2D eigenvalue weighted by atomic mass is 9.95. The Morgan fingerprint density at radius 3 is 2.31 bits per heavy atom. The van der Waals surface area contributed by atoms with Crippen LogP contribution in [-0.2, 0) is 21.0 Å². The van der Waals surface area contributed by atoms with Crippen LogP contribution in [-0.4, -0.2) is 49.2 Å². The van der Waals surface area contributed by atoms with E-state index in [4.69, 9.17) is 0 Å². The molecule has 1 heterocycles. The molecule has 0 aliphatic carbocycles. The molecule has 1 atom stereocenters. The summed E-state index contributed by atoms with van der Waals surface area (Å²) in [6.45, 7) is 6.99. The maximum atomic E-state index is 13.3. The van der Waals surface area contributed by atoms with Gasteiger partial charge in [-0.1, -0.05) is 45.2 Å². The zero-order valence-electron chi connectivity index (χ0n) is 19.2. The fraction of sp³-hybridized carbons (Fsp3) is 0.696. The fourth-order valence-electron chi connectivity index (χ4n) is 4.30. The minimum Gasteiger partial charge on any atom is -0.340 e. The molecule has 0 spiro atoms. The molecule has 2 rings (SSSR count). The van der Waals surface area contributed by atoms with Crippen LogP contribution < -0.4 is 0 Å². The van der Waals surface area contributed by atoms with Gasteiger partial charge in [0.15, 0.2) is 0 Å². The van der Waals surface area contributed by atoms with Crippen molar-refractivity contribution >= 4 is 15.9 Å². The molecule has 182 valence electrons. The molecule has 1 aliphatic rings. The summed E-state index contributed by atoms with van der Waals surface area (Å²) in [4.78, 5) is 14.4. The highest BCUT2D eigenvalue weighted by molar-refractivity contribution is 7.89. The van der Waals surface area contributed by atoms with Gasteiger partial charge < -0.3 is 4.90 Å². The zero-order chi connectivity index (χ0) is 23.9. The average molecular weight is 477 g/mol. The summed E-state index contributed by atoms with van der Waals surface area (Å²) >= 11 is 0. The molecule has 1 saturated heterocycles. The Balaban J connectivity index is 2.12. The number of benzene rings is 1. The van der Waals surface area contributed by atoms with Gasteiger partial charge in [0.05, 0.1) is 10.5 Å². The number of sulfonamides is 1. The number of hydrogen-bond donors (Lipinski definition) is 0. The molecule has 1 unspecified atom stereocenters. The quantitative estimate of drug-likeness (QED) is 0.430. The second-order valence-corrected chi connectivity index (χ2v) is 10.5. The largest absolute Gasteiger partial charge is 0.417 e. The lowest BCUT2D eigenvalue weighted by Gasteiger charge is -2.36. The Kier molecular flexibility index (Phi) is 9.57. The molecule has 9 heteroatoms. The van der Waals surface area contributed by atoms with Crippen molar-refractivity contribution in [1.82, 2.24) is 9.21 Å². The summed E-state index contributed by atoms with van der Waals surface area (Å²) in [5.41, 5.74) is -1.16. The highest BCUT2D eigenvalue weighted by atomic mass is 32.2. The van der Waals surface area contributed by atoms with Crippen LogP contribution in [0.25, 0.3) is 0 Å². The number of halogens is 3. The standard InChI is InChI=1S/C23H35F3N2O3S/c1-4-6-9-15-28(18(3)10-5-2)22(29)19-13-16-27(17-14-19)32(30,31)21-12-8-7-11-20(21)23(24,25)26/h7-8,11-12,18-19H,4-6,9-10,13-17H2,1-3H3. The fourth-order valence-corrected chi connectivity index (χ4v) is 5.98. The number of unbranched alkanes of at least 4 members (excludes halogenated alkanes) is 2. The SMILES string of the molecule is CCCCCN(C(=O)C1CCN(S(=O)(=O)c2ccccc2C(F)(F)F)CC1)C(C)CCC. The number of piperidine rings is 1. The van der Waals surface area contributed by atoms with Gasteiger partial charge in [-0.25, -0.2) is 8.42 Å². The molecule has 0 radical (unpaired) electrons. The normalized spacial score (nSPS) is 17.3. The molecule has 1 aliphatic heterocycles. The van der Waals surface area contributed by atoms with Gasteiger partial charge in [-0.05, 0) is 44.7 Å². The van der Waals surface area contributed by atoms with Crippen LogP contribution in [0.3, 0.4) is 0 Å². The predicted octanol–water partition coefficient (Wildman–Crippen LogP) is 5.31. The number of carbonyl (C=O) groups excluding carboxylic acids is 1. The van der Waals surface area contributed by atoms with Crippen LogP contribution in [0.5, 0.6) is 0 Å². The first kappa shape index (κ1) is 26.6. The van der Waals surface area contributed by atoms with Crippen LogP contribution in [0.1, 0.15) is 71.3 Å². The van der Waals surface area contributed by atoms with E-state index in [1.807, 2.05) is 11.8 Å². The Hall–Kier alpha value is -1.61. The molecule has 32 heavy (non-hydrogen) atoms. The van der Waals surface area contributed by atoms with Crippen molar-refractivity contribution in [3.63, 3.8) is 0 Å². The van der Waals surface area contributed by atoms with Crippen LogP contribution in [0.15, 0.2) is 29.2 Å². The second-order valence-electron chi connectivity index (χ2n) is 8.55. The number of rotatable bonds is 10. The molecule has 5 nitrogen and oxygen atoms in total. The van der Waals surface area contributed by atoms with E-state index in [-0.39, 0.29) is 31.0 Å². The molecule has 1 fully saturated rings. The molecule has 0 N–H and O–H groups in total. The highest BCUT2D eigenvalue weighted by Gasteiger charge is 2.40. The molecular weight excluding hydrogens is 441 g/mol. The molecular formula is C23H35F3N2O3S. The summed E-state index contributed by atoms with van der Waals surface area (Å²) in [5.74, 6) is -0.268. The van der Waals surface area contributed by atoms with E-state index >= 15 is 0 Å². The van der Waals surface area contributed by atoms with Gasteiger partial charge in [-0.2, -0.15) is 17.5 Å². The number of hydrogen-bond acceptors (Lipinski definition) is 3. The van der Waals surface area contributed by atoms with Crippen LogP contribution in [0.2, 0.25) is 0 Å². The van der Waals surface area contributed by atoms with Crippen molar-refractivity contribution in [2.24, 2.45) is 5.92 Å². The van der Waals surface area contributed by atoms with E-state index in [0.29, 0.717) is 19.4 Å². The zero-order valence-corrected chi connectivity index (χ0v) is 20.0. The Morgan fingerprint density at radius 1 is 1.12 bits per heavy atom. The van der Waals surface area contributed by atoms with Crippen molar-refractivity contribution in [2.45, 2.75) is 82.8 Å². The molecule has 0 aromatic heterocycles. The first-order chi connectivity index (χ1) is 15.0. The van der Waals surface area contributed by atoms with Crippen molar-refractivity contribution in [2.75, 3.05) is 19.6 Å². The van der Waals surface area contributed by atoms with Gasteiger partial charge in [0.2, 0.25) is 15.9 Å². The molecule has 0 saturated carbocycles. The van der Waals surface area contributed by atoms with E-state index in [1.54, 1.807) is 0 Å². The van der Waals surface area contributed by atoms with Crippen LogP contribution >= 0.6 is 0 Å². The van der Waals surface area contributed by atoms with Gasteiger partial charge in [-0.3, -0.25) is 4.79 Å². The number of nitrogens with zero attached hydrogens (tertiary/aromatic N) is 2. The van der Waals surface area contributed by atoms with Crippen molar-refractivity contribution in [3.8, 4) is 0 Å². The van der Waals surface area contributed by atoms with Gasteiger partial charge in [0.25, 0.3) is 0 Å². The molecule has 1 aromatic carbocycles. The van der Waals surface area contributed by atoms with Gasteiger partial charge in [0.1, 0.15) is 0 Å². The topological polar surface area (TPSA) is 57.7 Å². The van der Waals surface area contributed by atoms with Gasteiger partial charge in [0, 0.05) is 31.6 Å². The van der Waals surface area contributed by atoms with Crippen LogP contribution in [0, 0.1) is 5.92 Å². The van der Waals surface area contributed by atoms with Crippen molar-refractivity contribution in [1.29, 1.82) is 0 Å². The first-order valence-electron chi connectivity index (χ1n) is 11.5. The minimum atomic E-state index is -4.76. The van der Waals surface area contributed by atoms with E-state index in [9.17, 15) is 26.4 Å². The third-order valence-corrected chi connectivity index (χ3v) is 8.09. The van der Waals surface area contributed by atoms with Crippen LogP contribution in [0.4, 0.5) is 13.2 Å². The number of alkyl halides is 3. The third-order valence-electron chi connectivity index (χ3n) is 6.14. The Labute approximate surface area is 190 Å². The molecule has 1 aromatic rings. The highest BCUT2D eigenvalue weighted by Crippen LogP contribution is 2.36. The van der Waals surface area contributed by atoms with E-state index in [0.717, 1.165) is 48.5 Å². The van der Waals surface area contributed by atoms with Crippen molar-refractivity contribution < 1.29 is 26.4 Å². The van der Waals surface area contributed by atoms with Crippen molar-refractivity contribution in [3.05, 3.63) is 29.8 Å². The smallest absolute Gasteiger partial charge is 0.340 e. The molecule has 0 bridgehead atoms. The first-order valence-corrected chi connectivity index (χ1v) is 12.9. The lowest BCUT2D eigenvalue weighted by molar-refractivity contribution is -0.140. The molecule has 1 amide bonds. The Bertz CT molecular complexity index is 850. The minimum absolute atomic E-state index is 0.0368. The van der Waals surface area contributed by atoms with Gasteiger partial charge >= 0.3 is 6.18 Å². The maximum absolute atomic E-state index is 13.3. The summed E-state index contributed by atoms with van der Waals surface area (Å²) in [7, 11) is -4.30. The summed E-state index contributed by atoms with van der Waals surface area (Å²) in [6, 6.07) is 4.37. The summed E-state index contributed by atoms with van der Waals surface area (Å²) in [5, 5.41) is 0. The van der Waals surface area contributed by atoms with E-state index in [1.165, 1.54) is 12.1 Å². The third kappa shape index (κ3) is 6.47. The second kappa shape index (κ2) is 11.5. The predicted molar refractivity (Wildman–Crippen MR) is 119 cm³/mol. The average Bonchev–Trinajstić information content (AvgIpc) is 2.76.